The van der Waals surface area contributed by atoms with Crippen molar-refractivity contribution in [1.29, 1.82) is 0 Å². The van der Waals surface area contributed by atoms with Crippen LogP contribution in [0.25, 0.3) is 0 Å². The summed E-state index contributed by atoms with van der Waals surface area (Å²) in [4.78, 5) is 12.6. The van der Waals surface area contributed by atoms with Gasteiger partial charge in [-0.15, -0.1) is 11.8 Å². The first-order valence-corrected chi connectivity index (χ1v) is 7.23. The van der Waals surface area contributed by atoms with Gasteiger partial charge in [-0.25, -0.2) is 4.39 Å². The molecule has 0 aliphatic rings. The molecule has 4 nitrogen and oxygen atoms in total. The number of nitrogens with zero attached hydrogens (tertiary/aromatic N) is 1. The van der Waals surface area contributed by atoms with Crippen molar-refractivity contribution >= 4 is 23.5 Å². The van der Waals surface area contributed by atoms with Crippen LogP contribution in [0.15, 0.2) is 39.8 Å². The predicted molar refractivity (Wildman–Crippen MR) is 76.2 cm³/mol. The third-order valence-corrected chi connectivity index (χ3v) is 3.62. The SMILES string of the molecule is Cc1cc(NC(=O)CCCSc2ccc(F)cc2)no1. The van der Waals surface area contributed by atoms with Crippen LogP contribution in [0, 0.1) is 12.7 Å². The number of nitrogens with one attached hydrogen (secondary N) is 1. The van der Waals surface area contributed by atoms with Crippen molar-refractivity contribution in [1.82, 2.24) is 5.16 Å². The summed E-state index contributed by atoms with van der Waals surface area (Å²) in [5.41, 5.74) is 0. The number of hydrogen-bond donors (Lipinski definition) is 1. The second-order valence-corrected chi connectivity index (χ2v) is 5.45. The van der Waals surface area contributed by atoms with E-state index in [4.69, 9.17) is 4.52 Å². The van der Waals surface area contributed by atoms with Crippen LogP contribution in [0.2, 0.25) is 0 Å². The van der Waals surface area contributed by atoms with E-state index in [9.17, 15) is 9.18 Å². The molecular weight excluding hydrogens is 279 g/mol. The van der Waals surface area contributed by atoms with Gasteiger partial charge in [0.15, 0.2) is 5.82 Å². The minimum atomic E-state index is -0.239. The van der Waals surface area contributed by atoms with Crippen LogP contribution in [-0.2, 0) is 4.79 Å². The summed E-state index contributed by atoms with van der Waals surface area (Å²) in [6.07, 6.45) is 1.16. The number of halogens is 1. The standard InChI is InChI=1S/C14H15FN2O2S/c1-10-9-13(17-19-10)16-14(18)3-2-8-20-12-6-4-11(15)5-7-12/h4-7,9H,2-3,8H2,1H3,(H,16,17,18). The molecule has 0 fully saturated rings. The van der Waals surface area contributed by atoms with E-state index in [1.807, 2.05) is 0 Å². The first-order chi connectivity index (χ1) is 9.63. The van der Waals surface area contributed by atoms with Gasteiger partial charge in [0.25, 0.3) is 0 Å². The Hall–Kier alpha value is -1.82. The average molecular weight is 294 g/mol. The molecule has 1 heterocycles. The number of thioether (sulfide) groups is 1. The van der Waals surface area contributed by atoms with E-state index >= 15 is 0 Å². The van der Waals surface area contributed by atoms with Gasteiger partial charge in [-0.2, -0.15) is 0 Å². The number of anilines is 1. The van der Waals surface area contributed by atoms with Crippen LogP contribution in [0.1, 0.15) is 18.6 Å². The maximum absolute atomic E-state index is 12.7. The molecule has 0 radical (unpaired) electrons. The number of benzene rings is 1. The van der Waals surface area contributed by atoms with Crippen molar-refractivity contribution in [2.24, 2.45) is 0 Å². The lowest BCUT2D eigenvalue weighted by molar-refractivity contribution is -0.116. The third kappa shape index (κ3) is 4.70. The van der Waals surface area contributed by atoms with E-state index in [0.29, 0.717) is 18.0 Å². The molecule has 1 N–H and O–H groups in total. The molecule has 1 amide bonds. The van der Waals surface area contributed by atoms with Crippen LogP contribution in [0.4, 0.5) is 10.2 Å². The largest absolute Gasteiger partial charge is 0.360 e. The molecule has 20 heavy (non-hydrogen) atoms. The smallest absolute Gasteiger partial charge is 0.225 e. The van der Waals surface area contributed by atoms with E-state index in [1.165, 1.54) is 12.1 Å². The molecule has 0 saturated carbocycles. The molecule has 0 bridgehead atoms. The number of carbonyl (C=O) groups is 1. The Morgan fingerprint density at radius 1 is 1.40 bits per heavy atom. The summed E-state index contributed by atoms with van der Waals surface area (Å²) in [5, 5.41) is 6.36. The maximum Gasteiger partial charge on any atom is 0.225 e. The van der Waals surface area contributed by atoms with Gasteiger partial charge in [-0.3, -0.25) is 4.79 Å². The van der Waals surface area contributed by atoms with Gasteiger partial charge in [0.1, 0.15) is 11.6 Å². The fourth-order valence-corrected chi connectivity index (χ4v) is 2.44. The van der Waals surface area contributed by atoms with Crippen LogP contribution >= 0.6 is 11.8 Å². The molecule has 6 heteroatoms. The van der Waals surface area contributed by atoms with Crippen molar-refractivity contribution in [2.45, 2.75) is 24.7 Å². The number of amides is 1. The molecule has 0 aliphatic carbocycles. The van der Waals surface area contributed by atoms with Crippen molar-refractivity contribution in [3.8, 4) is 0 Å². The second-order valence-electron chi connectivity index (χ2n) is 4.28. The fourth-order valence-electron chi connectivity index (χ4n) is 1.58. The van der Waals surface area contributed by atoms with E-state index in [-0.39, 0.29) is 11.7 Å². The van der Waals surface area contributed by atoms with E-state index in [2.05, 4.69) is 10.5 Å². The third-order valence-electron chi connectivity index (χ3n) is 2.53. The summed E-state index contributed by atoms with van der Waals surface area (Å²) in [7, 11) is 0. The zero-order valence-electron chi connectivity index (χ0n) is 11.1. The quantitative estimate of drug-likeness (QED) is 0.653. The molecule has 0 spiro atoms. The monoisotopic (exact) mass is 294 g/mol. The Kier molecular flexibility index (Phi) is 5.17. The van der Waals surface area contributed by atoms with Crippen molar-refractivity contribution in [3.05, 3.63) is 41.9 Å². The molecule has 0 saturated heterocycles. The summed E-state index contributed by atoms with van der Waals surface area (Å²) in [5.74, 6) is 1.58. The topological polar surface area (TPSA) is 55.1 Å². The number of carbonyl (C=O) groups excluding carboxylic acids is 1. The molecule has 1 aromatic carbocycles. The second kappa shape index (κ2) is 7.09. The number of rotatable bonds is 6. The Morgan fingerprint density at radius 2 is 2.15 bits per heavy atom. The molecular formula is C14H15FN2O2S. The lowest BCUT2D eigenvalue weighted by Gasteiger charge is -2.02. The molecule has 1 aromatic heterocycles. The first-order valence-electron chi connectivity index (χ1n) is 6.25. The number of aromatic nitrogens is 1. The molecule has 106 valence electrons. The fraction of sp³-hybridized carbons (Fsp3) is 0.286. The van der Waals surface area contributed by atoms with Gasteiger partial charge in [0.05, 0.1) is 0 Å². The number of aryl methyl sites for hydroxylation is 1. The van der Waals surface area contributed by atoms with Gasteiger partial charge < -0.3 is 9.84 Å². The van der Waals surface area contributed by atoms with Crippen LogP contribution in [0.3, 0.4) is 0 Å². The maximum atomic E-state index is 12.7. The van der Waals surface area contributed by atoms with E-state index in [0.717, 1.165) is 17.1 Å². The molecule has 0 aliphatic heterocycles. The van der Waals surface area contributed by atoms with Gasteiger partial charge in [-0.05, 0) is 43.4 Å². The highest BCUT2D eigenvalue weighted by molar-refractivity contribution is 7.99. The lowest BCUT2D eigenvalue weighted by atomic mass is 10.3. The highest BCUT2D eigenvalue weighted by Gasteiger charge is 2.06. The average Bonchev–Trinajstić information content (AvgIpc) is 2.82. The summed E-state index contributed by atoms with van der Waals surface area (Å²) >= 11 is 1.60. The van der Waals surface area contributed by atoms with Gasteiger partial charge in [0.2, 0.25) is 5.91 Å². The Morgan fingerprint density at radius 3 is 2.80 bits per heavy atom. The first kappa shape index (κ1) is 14.6. The van der Waals surface area contributed by atoms with Crippen molar-refractivity contribution < 1.29 is 13.7 Å². The zero-order valence-corrected chi connectivity index (χ0v) is 11.9. The van der Waals surface area contributed by atoms with E-state index < -0.39 is 0 Å². The van der Waals surface area contributed by atoms with Crippen LogP contribution in [-0.4, -0.2) is 16.8 Å². The van der Waals surface area contributed by atoms with Crippen LogP contribution < -0.4 is 5.32 Å². The Labute approximate surface area is 120 Å². The van der Waals surface area contributed by atoms with Crippen LogP contribution in [0.5, 0.6) is 0 Å². The molecule has 2 rings (SSSR count). The van der Waals surface area contributed by atoms with Gasteiger partial charge in [0, 0.05) is 17.4 Å². The van der Waals surface area contributed by atoms with Crippen molar-refractivity contribution in [2.75, 3.05) is 11.1 Å². The van der Waals surface area contributed by atoms with E-state index in [1.54, 1.807) is 36.9 Å². The summed E-state index contributed by atoms with van der Waals surface area (Å²) in [6, 6.07) is 8.01. The minimum absolute atomic E-state index is 0.0852. The summed E-state index contributed by atoms with van der Waals surface area (Å²) < 4.78 is 17.6. The molecule has 0 unspecified atom stereocenters. The summed E-state index contributed by atoms with van der Waals surface area (Å²) in [6.45, 7) is 1.77. The molecule has 0 atom stereocenters. The lowest BCUT2D eigenvalue weighted by Crippen LogP contribution is -2.11. The number of hydrogen-bond acceptors (Lipinski definition) is 4. The van der Waals surface area contributed by atoms with Crippen molar-refractivity contribution in [3.63, 3.8) is 0 Å². The minimum Gasteiger partial charge on any atom is -0.360 e. The Balaban J connectivity index is 1.65. The molecule has 2 aromatic rings. The highest BCUT2D eigenvalue weighted by atomic mass is 32.2. The Bertz CT molecular complexity index is 569. The van der Waals surface area contributed by atoms with Gasteiger partial charge >= 0.3 is 0 Å². The highest BCUT2D eigenvalue weighted by Crippen LogP contribution is 2.19. The normalized spacial score (nSPS) is 10.5. The predicted octanol–water partition coefficient (Wildman–Crippen LogP) is 3.63. The zero-order chi connectivity index (χ0) is 14.4. The van der Waals surface area contributed by atoms with Gasteiger partial charge in [-0.1, -0.05) is 5.16 Å².